The zero-order valence-corrected chi connectivity index (χ0v) is 8.26. The summed E-state index contributed by atoms with van der Waals surface area (Å²) < 4.78 is 0. The van der Waals surface area contributed by atoms with Crippen LogP contribution in [-0.4, -0.2) is 0 Å². The van der Waals surface area contributed by atoms with Gasteiger partial charge in [0.2, 0.25) is 0 Å². The van der Waals surface area contributed by atoms with E-state index >= 15 is 0 Å². The predicted molar refractivity (Wildman–Crippen MR) is 0.686 cm³/mol. The van der Waals surface area contributed by atoms with Gasteiger partial charge in [0.1, 0.15) is 0 Å². The van der Waals surface area contributed by atoms with Gasteiger partial charge in [-0.15, -0.1) is 0 Å². The quantitative estimate of drug-likeness (QED) is 0.410. The molecule has 0 aromatic carbocycles. The maximum absolute atomic E-state index is 0. The predicted octanol–water partition coefficient (Wildman–Crippen LogP) is -3.12. The van der Waals surface area contributed by atoms with Crippen molar-refractivity contribution >= 4 is 0 Å². The van der Waals surface area contributed by atoms with E-state index in [-0.39, 0.29) is 82.3 Å². The first-order valence-electron chi connectivity index (χ1n) is 0. The first-order chi connectivity index (χ1) is 0. The molecule has 4 heavy (non-hydrogen) atoms. The van der Waals surface area contributed by atoms with Gasteiger partial charge in [-0.25, -0.2) is 0 Å². The minimum atomic E-state index is 0. The summed E-state index contributed by atoms with van der Waals surface area (Å²) in [6.07, 6.45) is 0. The molecule has 0 aliphatic rings. The summed E-state index contributed by atoms with van der Waals surface area (Å²) >= 11 is 0. The molecule has 8 valence electrons. The van der Waals surface area contributed by atoms with Crippen LogP contribution in [-0.2, 0) is 27.9 Å². The van der Waals surface area contributed by atoms with Crippen molar-refractivity contribution in [3.8, 4) is 0 Å². The Labute approximate surface area is 80.9 Å². The van der Waals surface area contributed by atoms with Crippen molar-refractivity contribution in [2.75, 3.05) is 0 Å². The van der Waals surface area contributed by atoms with Crippen LogP contribution in [0.4, 0.5) is 0 Å². The second-order valence-corrected chi connectivity index (χ2v) is 0. The van der Waals surface area contributed by atoms with E-state index < -0.39 is 0 Å². The van der Waals surface area contributed by atoms with Crippen molar-refractivity contribution in [1.82, 2.24) is 0 Å². The van der Waals surface area contributed by atoms with Crippen LogP contribution in [0.3, 0.4) is 0 Å². The fraction of sp³-hybridized carbons (Fsp3) is 0. The van der Waals surface area contributed by atoms with E-state index in [4.69, 9.17) is 0 Å². The van der Waals surface area contributed by atoms with Gasteiger partial charge >= 0.3 is 76.8 Å². The van der Waals surface area contributed by atoms with Gasteiger partial charge in [0.25, 0.3) is 0 Å². The molecule has 0 amide bonds. The van der Waals surface area contributed by atoms with E-state index in [1.54, 1.807) is 0 Å². The molecule has 0 radical (unpaired) electrons. The van der Waals surface area contributed by atoms with Crippen molar-refractivity contribution in [1.29, 1.82) is 0 Å². The fourth-order valence-corrected chi connectivity index (χ4v) is 0. The molecule has 0 aromatic rings. The van der Waals surface area contributed by atoms with Crippen LogP contribution in [0.1, 0.15) is 0 Å². The van der Waals surface area contributed by atoms with Crippen molar-refractivity contribution in [2.24, 2.45) is 0 Å². The maximum Gasteiger partial charge on any atom is 5.00 e. The van der Waals surface area contributed by atoms with Crippen molar-refractivity contribution in [3.05, 3.63) is 0 Å². The van der Waals surface area contributed by atoms with Crippen LogP contribution >= 0.6 is 0 Å². The largest absolute Gasteiger partial charge is 5.00 e. The molecule has 0 aromatic heterocycles. The van der Waals surface area contributed by atoms with Gasteiger partial charge in [0, 0.05) is 0 Å². The summed E-state index contributed by atoms with van der Waals surface area (Å²) in [5.41, 5.74) is 0. The Kier molecular flexibility index (Phi) is 141. The third-order valence-electron chi connectivity index (χ3n) is 0. The third kappa shape index (κ3) is 8.82. The molecule has 4 heteroatoms. The molecule has 0 N–H and O–H groups in total. The number of hydrogen-bond donors (Lipinski definition) is 0. The zero-order valence-electron chi connectivity index (χ0n) is 2.43. The molecule has 0 rings (SSSR count). The Morgan fingerprint density at radius 2 is 1.00 bits per heavy atom. The van der Waals surface area contributed by atoms with Gasteiger partial charge in [-0.3, -0.25) is 0 Å². The molecule has 0 saturated carbocycles. The normalized spacial score (nSPS) is 0. The number of hydrogen-bond acceptors (Lipinski definition) is 0. The smallest absolute Gasteiger partial charge is 2.00 e. The Balaban J connectivity index is 0. The Morgan fingerprint density at radius 1 is 1.00 bits per heavy atom. The van der Waals surface area contributed by atoms with E-state index in [0.29, 0.717) is 0 Å². The van der Waals surface area contributed by atoms with Gasteiger partial charge in [-0.2, -0.15) is 0 Å². The van der Waals surface area contributed by atoms with Gasteiger partial charge < -0.3 is 5.48 Å². The summed E-state index contributed by atoms with van der Waals surface area (Å²) in [7, 11) is 0. The molecule has 0 saturated heterocycles. The van der Waals surface area contributed by atoms with Gasteiger partial charge in [0.15, 0.2) is 0 Å². The average molecular weight is 255 g/mol. The standard InChI is InChI=1S/La.Li.Nb.O/q+3;+1;+5;-2. The summed E-state index contributed by atoms with van der Waals surface area (Å²) in [5, 5.41) is 0. The third-order valence-corrected chi connectivity index (χ3v) is 0. The van der Waals surface area contributed by atoms with Crippen molar-refractivity contribution in [3.63, 3.8) is 0 Å². The zero-order chi connectivity index (χ0) is 0. The van der Waals surface area contributed by atoms with Crippen LogP contribution in [0.25, 0.3) is 0 Å². The molecule has 0 heterocycles. The van der Waals surface area contributed by atoms with E-state index in [1.165, 1.54) is 0 Å². The van der Waals surface area contributed by atoms with Gasteiger partial charge in [0.05, 0.1) is 0 Å². The molecule has 0 fully saturated rings. The molecule has 0 atom stereocenters. The minimum absolute atomic E-state index is 0. The van der Waals surface area contributed by atoms with E-state index in [1.807, 2.05) is 0 Å². The molecule has 0 bridgehead atoms. The molecule has 1 nitrogen and oxygen atoms in total. The maximum atomic E-state index is 0. The summed E-state index contributed by atoms with van der Waals surface area (Å²) in [6.45, 7) is 0. The first kappa shape index (κ1) is 31.5. The number of rotatable bonds is 0. The van der Waals surface area contributed by atoms with Crippen molar-refractivity contribution in [2.45, 2.75) is 0 Å². The molecule has 0 spiro atoms. The van der Waals surface area contributed by atoms with Crippen LogP contribution < -0.4 is 18.9 Å². The average Bonchev–Trinajstić information content (AvgIpc) is 0. The second kappa shape index (κ2) is 17.8. The van der Waals surface area contributed by atoms with Gasteiger partial charge in [-0.1, -0.05) is 0 Å². The van der Waals surface area contributed by atoms with Crippen LogP contribution in [0.2, 0.25) is 0 Å². The van der Waals surface area contributed by atoms with Crippen LogP contribution in [0.5, 0.6) is 0 Å². The summed E-state index contributed by atoms with van der Waals surface area (Å²) in [5.74, 6) is 0. The Morgan fingerprint density at radius 3 is 1.00 bits per heavy atom. The van der Waals surface area contributed by atoms with E-state index in [0.717, 1.165) is 0 Å². The molecule has 0 aliphatic carbocycles. The van der Waals surface area contributed by atoms with E-state index in [9.17, 15) is 0 Å². The van der Waals surface area contributed by atoms with Crippen LogP contribution in [0.15, 0.2) is 0 Å². The summed E-state index contributed by atoms with van der Waals surface area (Å²) in [4.78, 5) is 0. The molecule has 0 aliphatic heterocycles. The molecule has 0 unspecified atom stereocenters. The summed E-state index contributed by atoms with van der Waals surface area (Å²) in [6, 6.07) is 0. The van der Waals surface area contributed by atoms with Crippen LogP contribution in [0, 0.1) is 35.6 Å². The Hall–Kier alpha value is 2.49. The topological polar surface area (TPSA) is 28.5 Å². The molecular formula is LaLiNbO+7. The molecular weight excluding hydrogens is 255 g/mol. The van der Waals surface area contributed by atoms with Gasteiger partial charge in [-0.05, 0) is 0 Å². The minimum Gasteiger partial charge on any atom is -2.00 e. The van der Waals surface area contributed by atoms with E-state index in [2.05, 4.69) is 0 Å². The monoisotopic (exact) mass is 255 g/mol. The second-order valence-electron chi connectivity index (χ2n) is 0. The SMILES string of the molecule is [La+3].[Li+].[Nb+5].[O-2]. The Bertz CT molecular complexity index is 8.00. The first-order valence-corrected chi connectivity index (χ1v) is 0. The van der Waals surface area contributed by atoms with Crippen molar-refractivity contribution < 1.29 is 82.3 Å². The fourth-order valence-electron chi connectivity index (χ4n) is 0.